The number of primary amides is 1. The largest absolute Gasteiger partial charge is 0.366 e. The van der Waals surface area contributed by atoms with E-state index in [-0.39, 0.29) is 11.8 Å². The van der Waals surface area contributed by atoms with Gasteiger partial charge in [0.05, 0.1) is 0 Å². The highest BCUT2D eigenvalue weighted by Crippen LogP contribution is 2.19. The molecule has 5 nitrogen and oxygen atoms in total. The van der Waals surface area contributed by atoms with Crippen molar-refractivity contribution in [3.8, 4) is 0 Å². The zero-order chi connectivity index (χ0) is 17.0. The Hall–Kier alpha value is -1.88. The number of benzene rings is 1. The number of carbonyl (C=O) groups excluding carboxylic acids is 2. The van der Waals surface area contributed by atoms with E-state index in [0.29, 0.717) is 17.5 Å². The highest BCUT2D eigenvalue weighted by Gasteiger charge is 2.29. The minimum Gasteiger partial charge on any atom is -0.366 e. The van der Waals surface area contributed by atoms with E-state index in [4.69, 9.17) is 5.73 Å². The van der Waals surface area contributed by atoms with Gasteiger partial charge in [-0.3, -0.25) is 9.59 Å². The van der Waals surface area contributed by atoms with Crippen LogP contribution in [0.4, 0.5) is 0 Å². The van der Waals surface area contributed by atoms with E-state index in [1.807, 2.05) is 30.9 Å². The molecule has 0 aliphatic carbocycles. The number of carbonyl (C=O) groups is 2. The van der Waals surface area contributed by atoms with Crippen LogP contribution in [0.3, 0.4) is 0 Å². The summed E-state index contributed by atoms with van der Waals surface area (Å²) in [5.41, 5.74) is 6.90. The Bertz CT molecular complexity index is 554. The Labute approximate surface area is 138 Å². The second kappa shape index (κ2) is 7.59. The fourth-order valence-corrected chi connectivity index (χ4v) is 3.05. The summed E-state index contributed by atoms with van der Waals surface area (Å²) < 4.78 is 0. The zero-order valence-electron chi connectivity index (χ0n) is 14.2. The van der Waals surface area contributed by atoms with Crippen molar-refractivity contribution in [2.45, 2.75) is 39.8 Å². The standard InChI is InChI=1S/C18H27N3O2/c1-12(2)18(23)21-9-8-16(13(3)11-21)20-10-14-4-6-15(7-5-14)17(19)22/h4-7,12-13,16,20H,8-11H2,1-3H3,(H2,19,22)/t13-,16-/m0/s1. The molecule has 0 radical (unpaired) electrons. The minimum absolute atomic E-state index is 0.0653. The van der Waals surface area contributed by atoms with Crippen LogP contribution in [0, 0.1) is 11.8 Å². The summed E-state index contributed by atoms with van der Waals surface area (Å²) in [7, 11) is 0. The van der Waals surface area contributed by atoms with Crippen molar-refractivity contribution in [1.82, 2.24) is 10.2 Å². The van der Waals surface area contributed by atoms with Gasteiger partial charge in [0.15, 0.2) is 0 Å². The first-order valence-electron chi connectivity index (χ1n) is 8.29. The van der Waals surface area contributed by atoms with Gasteiger partial charge in [-0.25, -0.2) is 0 Å². The maximum Gasteiger partial charge on any atom is 0.248 e. The van der Waals surface area contributed by atoms with Crippen molar-refractivity contribution in [3.05, 3.63) is 35.4 Å². The van der Waals surface area contributed by atoms with Gasteiger partial charge in [0.25, 0.3) is 0 Å². The van der Waals surface area contributed by atoms with E-state index in [0.717, 1.165) is 31.6 Å². The molecule has 3 N–H and O–H groups in total. The van der Waals surface area contributed by atoms with Crippen molar-refractivity contribution >= 4 is 11.8 Å². The Morgan fingerprint density at radius 1 is 1.30 bits per heavy atom. The van der Waals surface area contributed by atoms with Crippen LogP contribution >= 0.6 is 0 Å². The first-order valence-corrected chi connectivity index (χ1v) is 8.29. The Morgan fingerprint density at radius 2 is 1.96 bits per heavy atom. The SMILES string of the molecule is CC(C)C(=O)N1CC[C@H](NCc2ccc(C(N)=O)cc2)[C@@H](C)C1. The summed E-state index contributed by atoms with van der Waals surface area (Å²) in [5, 5.41) is 3.57. The van der Waals surface area contributed by atoms with Crippen LogP contribution in [-0.4, -0.2) is 35.8 Å². The van der Waals surface area contributed by atoms with Crippen molar-refractivity contribution in [3.63, 3.8) is 0 Å². The van der Waals surface area contributed by atoms with Gasteiger partial charge < -0.3 is 16.0 Å². The molecule has 2 amide bonds. The van der Waals surface area contributed by atoms with Crippen LogP contribution in [0.25, 0.3) is 0 Å². The molecule has 23 heavy (non-hydrogen) atoms. The second-order valence-electron chi connectivity index (χ2n) is 6.75. The van der Waals surface area contributed by atoms with Crippen LogP contribution in [0.5, 0.6) is 0 Å². The molecule has 0 bridgehead atoms. The van der Waals surface area contributed by atoms with Crippen molar-refractivity contribution in [1.29, 1.82) is 0 Å². The summed E-state index contributed by atoms with van der Waals surface area (Å²) >= 11 is 0. The molecular formula is C18H27N3O2. The van der Waals surface area contributed by atoms with Gasteiger partial charge in [-0.15, -0.1) is 0 Å². The maximum atomic E-state index is 12.1. The smallest absolute Gasteiger partial charge is 0.248 e. The Balaban J connectivity index is 1.85. The number of nitrogens with one attached hydrogen (secondary N) is 1. The quantitative estimate of drug-likeness (QED) is 0.869. The van der Waals surface area contributed by atoms with Crippen LogP contribution in [-0.2, 0) is 11.3 Å². The van der Waals surface area contributed by atoms with E-state index < -0.39 is 5.91 Å². The normalized spacial score (nSPS) is 21.5. The number of amides is 2. The van der Waals surface area contributed by atoms with Crippen LogP contribution in [0.15, 0.2) is 24.3 Å². The summed E-state index contributed by atoms with van der Waals surface area (Å²) in [6, 6.07) is 7.77. The van der Waals surface area contributed by atoms with Crippen molar-refractivity contribution < 1.29 is 9.59 Å². The number of nitrogens with zero attached hydrogens (tertiary/aromatic N) is 1. The third-order valence-electron chi connectivity index (χ3n) is 4.52. The van der Waals surface area contributed by atoms with Crippen molar-refractivity contribution in [2.75, 3.05) is 13.1 Å². The molecule has 0 aromatic heterocycles. The molecular weight excluding hydrogens is 290 g/mol. The molecule has 0 spiro atoms. The van der Waals surface area contributed by atoms with Crippen molar-refractivity contribution in [2.24, 2.45) is 17.6 Å². The fraction of sp³-hybridized carbons (Fsp3) is 0.556. The zero-order valence-corrected chi connectivity index (χ0v) is 14.2. The molecule has 1 aliphatic heterocycles. The van der Waals surface area contributed by atoms with Gasteiger partial charge in [0.1, 0.15) is 0 Å². The highest BCUT2D eigenvalue weighted by atomic mass is 16.2. The fourth-order valence-electron chi connectivity index (χ4n) is 3.05. The van der Waals surface area contributed by atoms with Gasteiger partial charge in [0.2, 0.25) is 11.8 Å². The number of hydrogen-bond acceptors (Lipinski definition) is 3. The molecule has 1 aliphatic rings. The average Bonchev–Trinajstić information content (AvgIpc) is 2.53. The molecule has 1 saturated heterocycles. The monoisotopic (exact) mass is 317 g/mol. The lowest BCUT2D eigenvalue weighted by molar-refractivity contribution is -0.136. The predicted octanol–water partition coefficient (Wildman–Crippen LogP) is 1.77. The van der Waals surface area contributed by atoms with Gasteiger partial charge in [-0.05, 0) is 30.0 Å². The molecule has 1 fully saturated rings. The first kappa shape index (κ1) is 17.5. The van der Waals surface area contributed by atoms with E-state index in [9.17, 15) is 9.59 Å². The topological polar surface area (TPSA) is 75.4 Å². The third kappa shape index (κ3) is 4.55. The van der Waals surface area contributed by atoms with Crippen LogP contribution in [0.1, 0.15) is 43.1 Å². The Kier molecular flexibility index (Phi) is 5.77. The van der Waals surface area contributed by atoms with E-state index in [1.54, 1.807) is 12.1 Å². The molecule has 0 saturated carbocycles. The summed E-state index contributed by atoms with van der Waals surface area (Å²) in [5.74, 6) is 0.337. The number of piperidine rings is 1. The third-order valence-corrected chi connectivity index (χ3v) is 4.52. The summed E-state index contributed by atoms with van der Waals surface area (Å²) in [4.78, 5) is 25.1. The highest BCUT2D eigenvalue weighted by molar-refractivity contribution is 5.92. The summed E-state index contributed by atoms with van der Waals surface area (Å²) in [6.07, 6.45) is 0.971. The molecule has 126 valence electrons. The Morgan fingerprint density at radius 3 is 2.48 bits per heavy atom. The van der Waals surface area contributed by atoms with Gasteiger partial charge in [-0.1, -0.05) is 32.9 Å². The summed E-state index contributed by atoms with van der Waals surface area (Å²) in [6.45, 7) is 8.48. The predicted molar refractivity (Wildman–Crippen MR) is 90.8 cm³/mol. The molecule has 2 atom stereocenters. The van der Waals surface area contributed by atoms with Crippen LogP contribution in [0.2, 0.25) is 0 Å². The first-order chi connectivity index (χ1) is 10.9. The van der Waals surface area contributed by atoms with Crippen LogP contribution < -0.4 is 11.1 Å². The second-order valence-corrected chi connectivity index (χ2v) is 6.75. The molecule has 2 rings (SSSR count). The lowest BCUT2D eigenvalue weighted by Gasteiger charge is -2.38. The van der Waals surface area contributed by atoms with Gasteiger partial charge >= 0.3 is 0 Å². The molecule has 5 heteroatoms. The van der Waals surface area contributed by atoms with E-state index in [2.05, 4.69) is 12.2 Å². The van der Waals surface area contributed by atoms with E-state index in [1.165, 1.54) is 0 Å². The molecule has 0 unspecified atom stereocenters. The van der Waals surface area contributed by atoms with Gasteiger partial charge in [0, 0.05) is 37.2 Å². The molecule has 1 aromatic carbocycles. The lowest BCUT2D eigenvalue weighted by Crippen LogP contribution is -2.50. The lowest BCUT2D eigenvalue weighted by atomic mass is 9.92. The number of rotatable bonds is 5. The number of hydrogen-bond donors (Lipinski definition) is 2. The molecule has 1 aromatic rings. The van der Waals surface area contributed by atoms with Gasteiger partial charge in [-0.2, -0.15) is 0 Å². The molecule has 1 heterocycles. The number of nitrogens with two attached hydrogens (primary N) is 1. The average molecular weight is 317 g/mol. The maximum absolute atomic E-state index is 12.1. The minimum atomic E-state index is -0.402. The van der Waals surface area contributed by atoms with E-state index >= 15 is 0 Å². The number of likely N-dealkylation sites (tertiary alicyclic amines) is 1.